The molecule has 3 unspecified atom stereocenters. The summed E-state index contributed by atoms with van der Waals surface area (Å²) in [5.41, 5.74) is 9.94. The number of hydrogen-bond donors (Lipinski definition) is 1. The molecule has 4 rings (SSSR count). The topological polar surface area (TPSA) is 29.3 Å². The van der Waals surface area contributed by atoms with E-state index in [9.17, 15) is 0 Å². The van der Waals surface area contributed by atoms with Gasteiger partial charge < -0.3 is 5.73 Å². The molecule has 2 fully saturated rings. The maximum atomic E-state index is 6.08. The fourth-order valence-electron chi connectivity index (χ4n) is 4.37. The van der Waals surface area contributed by atoms with Crippen molar-refractivity contribution < 1.29 is 0 Å². The standard InChI is InChI=1S/C15H20N2/c16-14-3-1-2-12-8-17(9-13(12)14)15-7-10-4-5-11(15)6-10/h1-3,10-11,15H,4-9,16H2. The number of anilines is 1. The van der Waals surface area contributed by atoms with Crippen molar-refractivity contribution in [3.05, 3.63) is 29.3 Å². The molecular formula is C15H20N2. The fourth-order valence-corrected chi connectivity index (χ4v) is 4.37. The van der Waals surface area contributed by atoms with Gasteiger partial charge in [-0.25, -0.2) is 0 Å². The van der Waals surface area contributed by atoms with E-state index in [2.05, 4.69) is 17.0 Å². The van der Waals surface area contributed by atoms with Crippen LogP contribution in [-0.4, -0.2) is 10.9 Å². The minimum absolute atomic E-state index is 0.848. The number of nitrogen functional groups attached to an aromatic ring is 1. The van der Waals surface area contributed by atoms with Gasteiger partial charge in [-0.1, -0.05) is 18.6 Å². The molecule has 0 aromatic heterocycles. The molecule has 3 atom stereocenters. The molecule has 1 aromatic carbocycles. The highest BCUT2D eigenvalue weighted by Crippen LogP contribution is 2.48. The largest absolute Gasteiger partial charge is 0.398 e. The van der Waals surface area contributed by atoms with Crippen molar-refractivity contribution in [2.45, 2.75) is 44.8 Å². The Hall–Kier alpha value is -1.02. The van der Waals surface area contributed by atoms with Crippen LogP contribution in [0.15, 0.2) is 18.2 Å². The van der Waals surface area contributed by atoms with Gasteiger partial charge in [0.2, 0.25) is 0 Å². The number of nitrogens with zero attached hydrogens (tertiary/aromatic N) is 1. The zero-order chi connectivity index (χ0) is 11.4. The predicted molar refractivity (Wildman–Crippen MR) is 69.3 cm³/mol. The Morgan fingerprint density at radius 3 is 2.76 bits per heavy atom. The van der Waals surface area contributed by atoms with E-state index in [1.54, 1.807) is 0 Å². The van der Waals surface area contributed by atoms with E-state index in [-0.39, 0.29) is 0 Å². The summed E-state index contributed by atoms with van der Waals surface area (Å²) in [6, 6.07) is 7.24. The molecule has 1 aliphatic heterocycles. The molecule has 2 bridgehead atoms. The first-order chi connectivity index (χ1) is 8.31. The zero-order valence-corrected chi connectivity index (χ0v) is 10.2. The Labute approximate surface area is 103 Å². The molecule has 0 radical (unpaired) electrons. The first kappa shape index (κ1) is 9.95. The summed E-state index contributed by atoms with van der Waals surface area (Å²) in [5, 5.41) is 0. The molecule has 2 N–H and O–H groups in total. The zero-order valence-electron chi connectivity index (χ0n) is 10.2. The lowest BCUT2D eigenvalue weighted by Gasteiger charge is -2.31. The van der Waals surface area contributed by atoms with Gasteiger partial charge in [-0.2, -0.15) is 0 Å². The lowest BCUT2D eigenvalue weighted by Crippen LogP contribution is -2.35. The third-order valence-corrected chi connectivity index (χ3v) is 5.21. The summed E-state index contributed by atoms with van der Waals surface area (Å²) < 4.78 is 0. The highest BCUT2D eigenvalue weighted by molar-refractivity contribution is 5.52. The van der Waals surface area contributed by atoms with Crippen LogP contribution in [0.5, 0.6) is 0 Å². The van der Waals surface area contributed by atoms with Gasteiger partial charge in [-0.3, -0.25) is 4.90 Å². The second-order valence-corrected chi connectivity index (χ2v) is 6.13. The number of fused-ring (bicyclic) bond motifs is 3. The van der Waals surface area contributed by atoms with Gasteiger partial charge in [0.25, 0.3) is 0 Å². The van der Waals surface area contributed by atoms with Crippen molar-refractivity contribution in [3.8, 4) is 0 Å². The van der Waals surface area contributed by atoms with Crippen molar-refractivity contribution >= 4 is 5.69 Å². The highest BCUT2D eigenvalue weighted by Gasteiger charge is 2.43. The molecule has 3 aliphatic rings. The molecule has 0 saturated heterocycles. The van der Waals surface area contributed by atoms with Crippen LogP contribution in [0.2, 0.25) is 0 Å². The van der Waals surface area contributed by atoms with Crippen LogP contribution in [0.25, 0.3) is 0 Å². The van der Waals surface area contributed by atoms with E-state index >= 15 is 0 Å². The molecule has 90 valence electrons. The number of nitrogens with two attached hydrogens (primary N) is 1. The number of rotatable bonds is 1. The first-order valence-electron chi connectivity index (χ1n) is 6.91. The monoisotopic (exact) mass is 228 g/mol. The summed E-state index contributed by atoms with van der Waals surface area (Å²) >= 11 is 0. The number of benzene rings is 1. The molecule has 1 heterocycles. The van der Waals surface area contributed by atoms with Gasteiger partial charge in [-0.15, -0.1) is 0 Å². The summed E-state index contributed by atoms with van der Waals surface area (Å²) in [6.45, 7) is 2.23. The van der Waals surface area contributed by atoms with Gasteiger partial charge in [0.15, 0.2) is 0 Å². The summed E-state index contributed by atoms with van der Waals surface area (Å²) in [5.74, 6) is 2.02. The quantitative estimate of drug-likeness (QED) is 0.749. The lowest BCUT2D eigenvalue weighted by atomic mass is 9.94. The van der Waals surface area contributed by atoms with E-state index in [4.69, 9.17) is 5.73 Å². The van der Waals surface area contributed by atoms with Crippen molar-refractivity contribution in [1.82, 2.24) is 4.90 Å². The molecular weight excluding hydrogens is 208 g/mol. The van der Waals surface area contributed by atoms with Gasteiger partial charge in [0.05, 0.1) is 0 Å². The van der Waals surface area contributed by atoms with E-state index in [1.165, 1.54) is 36.8 Å². The smallest absolute Gasteiger partial charge is 0.0363 e. The highest BCUT2D eigenvalue weighted by atomic mass is 15.2. The van der Waals surface area contributed by atoms with Gasteiger partial charge in [0.1, 0.15) is 0 Å². The molecule has 1 aromatic rings. The lowest BCUT2D eigenvalue weighted by molar-refractivity contribution is 0.142. The molecule has 2 aliphatic carbocycles. The Balaban J connectivity index is 1.58. The van der Waals surface area contributed by atoms with E-state index in [0.29, 0.717) is 0 Å². The van der Waals surface area contributed by atoms with Crippen LogP contribution in [0.4, 0.5) is 5.69 Å². The van der Waals surface area contributed by atoms with Gasteiger partial charge >= 0.3 is 0 Å². The molecule has 2 saturated carbocycles. The molecule has 2 nitrogen and oxygen atoms in total. The van der Waals surface area contributed by atoms with Gasteiger partial charge in [0, 0.05) is 24.8 Å². The SMILES string of the molecule is Nc1cccc2c1CN(C1CC3CCC1C3)C2. The summed E-state index contributed by atoms with van der Waals surface area (Å²) in [7, 11) is 0. The average Bonchev–Trinajstić information content (AvgIpc) is 3.03. The summed E-state index contributed by atoms with van der Waals surface area (Å²) in [6.07, 6.45) is 5.90. The number of hydrogen-bond acceptors (Lipinski definition) is 2. The minimum Gasteiger partial charge on any atom is -0.398 e. The van der Waals surface area contributed by atoms with Crippen molar-refractivity contribution in [2.75, 3.05) is 5.73 Å². The Bertz CT molecular complexity index is 454. The van der Waals surface area contributed by atoms with Crippen molar-refractivity contribution in [3.63, 3.8) is 0 Å². The maximum Gasteiger partial charge on any atom is 0.0363 e. The van der Waals surface area contributed by atoms with Crippen molar-refractivity contribution in [2.24, 2.45) is 11.8 Å². The van der Waals surface area contributed by atoms with Crippen LogP contribution >= 0.6 is 0 Å². The fraction of sp³-hybridized carbons (Fsp3) is 0.600. The molecule has 0 amide bonds. The second kappa shape index (κ2) is 3.49. The van der Waals surface area contributed by atoms with Crippen LogP contribution < -0.4 is 5.73 Å². The Morgan fingerprint density at radius 1 is 1.12 bits per heavy atom. The molecule has 2 heteroatoms. The Morgan fingerprint density at radius 2 is 2.06 bits per heavy atom. The maximum absolute atomic E-state index is 6.08. The Kier molecular flexibility index (Phi) is 2.04. The third kappa shape index (κ3) is 1.43. The molecule has 17 heavy (non-hydrogen) atoms. The van der Waals surface area contributed by atoms with E-state index in [0.717, 1.165) is 36.7 Å². The minimum atomic E-state index is 0.848. The van der Waals surface area contributed by atoms with Crippen LogP contribution in [-0.2, 0) is 13.1 Å². The van der Waals surface area contributed by atoms with Crippen molar-refractivity contribution in [1.29, 1.82) is 0 Å². The second-order valence-electron chi connectivity index (χ2n) is 6.13. The molecule has 0 spiro atoms. The first-order valence-corrected chi connectivity index (χ1v) is 6.91. The van der Waals surface area contributed by atoms with Gasteiger partial charge in [-0.05, 0) is 48.3 Å². The van der Waals surface area contributed by atoms with Crippen LogP contribution in [0.1, 0.15) is 36.8 Å². The predicted octanol–water partition coefficient (Wildman–Crippen LogP) is 2.77. The van der Waals surface area contributed by atoms with Crippen LogP contribution in [0.3, 0.4) is 0 Å². The van der Waals surface area contributed by atoms with E-state index in [1.807, 2.05) is 6.07 Å². The average molecular weight is 228 g/mol. The van der Waals surface area contributed by atoms with Crippen LogP contribution in [0, 0.1) is 11.8 Å². The summed E-state index contributed by atoms with van der Waals surface area (Å²) in [4.78, 5) is 2.69. The third-order valence-electron chi connectivity index (χ3n) is 5.21. The normalized spacial score (nSPS) is 35.4. The van der Waals surface area contributed by atoms with E-state index < -0.39 is 0 Å².